The standard InChI is InChI=1S/C28H20F3N3O3S/c29-28(30,31)20-9-6-10-21(14-20)32-25(35)17-34-26(36)24(38-27(34)37)13-19-16-33(15-18-7-2-1-3-8-18)23-12-5-4-11-22(19)23/h1-14,16H,15,17H2,(H,32,35)/b24-13-. The fourth-order valence-corrected chi connectivity index (χ4v) is 5.03. The van der Waals surface area contributed by atoms with E-state index < -0.39 is 35.3 Å². The van der Waals surface area contributed by atoms with Gasteiger partial charge in [0.1, 0.15) is 6.54 Å². The summed E-state index contributed by atoms with van der Waals surface area (Å²) >= 11 is 0.713. The van der Waals surface area contributed by atoms with Gasteiger partial charge in [-0.15, -0.1) is 0 Å². The van der Waals surface area contributed by atoms with Crippen molar-refractivity contribution < 1.29 is 27.6 Å². The lowest BCUT2D eigenvalue weighted by molar-refractivity contribution is -0.137. The number of benzene rings is 3. The zero-order valence-electron chi connectivity index (χ0n) is 19.7. The third kappa shape index (κ3) is 5.35. The first-order chi connectivity index (χ1) is 18.2. The van der Waals surface area contributed by atoms with Crippen LogP contribution in [0.1, 0.15) is 16.7 Å². The van der Waals surface area contributed by atoms with E-state index in [1.807, 2.05) is 60.8 Å². The number of anilines is 1. The van der Waals surface area contributed by atoms with Gasteiger partial charge in [0.05, 0.1) is 10.5 Å². The average Bonchev–Trinajstić information content (AvgIpc) is 3.36. The van der Waals surface area contributed by atoms with Gasteiger partial charge in [-0.05, 0) is 47.7 Å². The third-order valence-corrected chi connectivity index (χ3v) is 6.86. The molecule has 1 aromatic heterocycles. The number of amides is 3. The number of rotatable bonds is 6. The Morgan fingerprint density at radius 1 is 0.947 bits per heavy atom. The summed E-state index contributed by atoms with van der Waals surface area (Å²) in [7, 11) is 0. The number of halogens is 3. The maximum atomic E-state index is 13.0. The SMILES string of the molecule is O=C(CN1C(=O)S/C(=C\c2cn(Cc3ccccc3)c3ccccc23)C1=O)Nc1cccc(C(F)(F)F)c1. The summed E-state index contributed by atoms with van der Waals surface area (Å²) in [4.78, 5) is 39.0. The summed E-state index contributed by atoms with van der Waals surface area (Å²) in [5.41, 5.74) is 1.80. The summed E-state index contributed by atoms with van der Waals surface area (Å²) in [5.74, 6) is -1.42. The molecule has 192 valence electrons. The average molecular weight is 536 g/mol. The zero-order valence-corrected chi connectivity index (χ0v) is 20.6. The Balaban J connectivity index is 1.34. The maximum absolute atomic E-state index is 13.0. The van der Waals surface area contributed by atoms with Gasteiger partial charge < -0.3 is 9.88 Å². The molecule has 10 heteroatoms. The highest BCUT2D eigenvalue weighted by atomic mass is 32.2. The number of nitrogens with zero attached hydrogens (tertiary/aromatic N) is 2. The van der Waals surface area contributed by atoms with Gasteiger partial charge in [0, 0.05) is 34.9 Å². The molecule has 0 radical (unpaired) electrons. The van der Waals surface area contributed by atoms with Gasteiger partial charge in [-0.3, -0.25) is 19.3 Å². The normalized spacial score (nSPS) is 15.0. The topological polar surface area (TPSA) is 71.4 Å². The van der Waals surface area contributed by atoms with Crippen LogP contribution in [0.4, 0.5) is 23.7 Å². The number of carbonyl (C=O) groups is 3. The monoisotopic (exact) mass is 535 g/mol. The molecule has 1 aliphatic heterocycles. The van der Waals surface area contributed by atoms with Crippen LogP contribution in [0.25, 0.3) is 17.0 Å². The number of hydrogen-bond acceptors (Lipinski definition) is 4. The van der Waals surface area contributed by atoms with E-state index in [-0.39, 0.29) is 10.6 Å². The summed E-state index contributed by atoms with van der Waals surface area (Å²) in [6.07, 6.45) is -1.03. The molecule has 6 nitrogen and oxygen atoms in total. The van der Waals surface area contributed by atoms with Gasteiger partial charge in [0.2, 0.25) is 5.91 Å². The Labute approximate surface area is 219 Å². The van der Waals surface area contributed by atoms with Crippen LogP contribution in [0, 0.1) is 0 Å². The van der Waals surface area contributed by atoms with Gasteiger partial charge in [0.25, 0.3) is 11.1 Å². The van der Waals surface area contributed by atoms with Crippen LogP contribution in [0.15, 0.2) is 90.0 Å². The van der Waals surface area contributed by atoms with E-state index in [0.29, 0.717) is 18.3 Å². The highest BCUT2D eigenvalue weighted by molar-refractivity contribution is 8.18. The molecule has 1 saturated heterocycles. The number of carbonyl (C=O) groups excluding carboxylic acids is 3. The molecule has 1 fully saturated rings. The number of alkyl halides is 3. The second kappa shape index (κ2) is 10.2. The third-order valence-electron chi connectivity index (χ3n) is 5.95. The molecule has 0 bridgehead atoms. The molecule has 38 heavy (non-hydrogen) atoms. The minimum absolute atomic E-state index is 0.0847. The predicted molar refractivity (Wildman–Crippen MR) is 140 cm³/mol. The Morgan fingerprint density at radius 3 is 2.45 bits per heavy atom. The number of fused-ring (bicyclic) bond motifs is 1. The molecule has 1 N–H and O–H groups in total. The summed E-state index contributed by atoms with van der Waals surface area (Å²) in [5, 5.41) is 2.59. The van der Waals surface area contributed by atoms with Crippen molar-refractivity contribution in [3.8, 4) is 0 Å². The van der Waals surface area contributed by atoms with Crippen molar-refractivity contribution in [2.45, 2.75) is 12.7 Å². The molecule has 5 rings (SSSR count). The predicted octanol–water partition coefficient (Wildman–Crippen LogP) is 6.38. The van der Waals surface area contributed by atoms with Crippen molar-refractivity contribution >= 4 is 51.5 Å². The summed E-state index contributed by atoms with van der Waals surface area (Å²) < 4.78 is 40.9. The maximum Gasteiger partial charge on any atom is 0.416 e. The van der Waals surface area contributed by atoms with E-state index in [1.54, 1.807) is 6.08 Å². The molecule has 0 aliphatic carbocycles. The van der Waals surface area contributed by atoms with E-state index in [2.05, 4.69) is 9.88 Å². The summed E-state index contributed by atoms with van der Waals surface area (Å²) in [6, 6.07) is 21.7. The van der Waals surface area contributed by atoms with Crippen LogP contribution < -0.4 is 5.32 Å². The van der Waals surface area contributed by atoms with E-state index in [0.717, 1.165) is 45.1 Å². The molecule has 2 heterocycles. The van der Waals surface area contributed by atoms with Crippen molar-refractivity contribution in [3.05, 3.63) is 107 Å². The Bertz CT molecular complexity index is 1580. The first-order valence-corrected chi connectivity index (χ1v) is 12.3. The van der Waals surface area contributed by atoms with Crippen molar-refractivity contribution in [2.75, 3.05) is 11.9 Å². The van der Waals surface area contributed by atoms with E-state index >= 15 is 0 Å². The highest BCUT2D eigenvalue weighted by Gasteiger charge is 2.36. The van der Waals surface area contributed by atoms with Gasteiger partial charge in [0.15, 0.2) is 0 Å². The molecule has 1 aliphatic rings. The number of hydrogen-bond donors (Lipinski definition) is 1. The van der Waals surface area contributed by atoms with Crippen LogP contribution in [0.2, 0.25) is 0 Å². The first-order valence-electron chi connectivity index (χ1n) is 11.5. The number of nitrogens with one attached hydrogen (secondary N) is 1. The Hall–Kier alpha value is -4.31. The minimum atomic E-state index is -4.57. The lowest BCUT2D eigenvalue weighted by Crippen LogP contribution is -2.36. The highest BCUT2D eigenvalue weighted by Crippen LogP contribution is 2.34. The van der Waals surface area contributed by atoms with Crippen molar-refractivity contribution in [1.82, 2.24) is 9.47 Å². The Kier molecular flexibility index (Phi) is 6.81. The smallest absolute Gasteiger partial charge is 0.342 e. The molecule has 3 aromatic carbocycles. The molecular weight excluding hydrogens is 515 g/mol. The minimum Gasteiger partial charge on any atom is -0.342 e. The number of thioether (sulfide) groups is 1. The first kappa shape index (κ1) is 25.3. The van der Waals surface area contributed by atoms with E-state index in [4.69, 9.17) is 0 Å². The fraction of sp³-hybridized carbons (Fsp3) is 0.107. The van der Waals surface area contributed by atoms with Crippen LogP contribution >= 0.6 is 11.8 Å². The van der Waals surface area contributed by atoms with Crippen LogP contribution in [-0.4, -0.2) is 33.1 Å². The van der Waals surface area contributed by atoms with Crippen LogP contribution in [-0.2, 0) is 22.3 Å². The molecule has 0 saturated carbocycles. The van der Waals surface area contributed by atoms with Gasteiger partial charge >= 0.3 is 6.18 Å². The fourth-order valence-electron chi connectivity index (χ4n) is 4.20. The second-order valence-corrected chi connectivity index (χ2v) is 9.60. The Morgan fingerprint density at radius 2 is 1.68 bits per heavy atom. The van der Waals surface area contributed by atoms with Gasteiger partial charge in [-0.1, -0.05) is 54.6 Å². The van der Waals surface area contributed by atoms with Crippen LogP contribution in [0.5, 0.6) is 0 Å². The quantitative estimate of drug-likeness (QED) is 0.291. The van der Waals surface area contributed by atoms with E-state index in [9.17, 15) is 27.6 Å². The number of imide groups is 1. The van der Waals surface area contributed by atoms with Crippen molar-refractivity contribution in [1.29, 1.82) is 0 Å². The van der Waals surface area contributed by atoms with E-state index in [1.165, 1.54) is 6.07 Å². The largest absolute Gasteiger partial charge is 0.416 e. The van der Waals surface area contributed by atoms with Gasteiger partial charge in [-0.25, -0.2) is 0 Å². The van der Waals surface area contributed by atoms with Crippen LogP contribution in [0.3, 0.4) is 0 Å². The number of para-hydroxylation sites is 1. The lowest BCUT2D eigenvalue weighted by atomic mass is 10.1. The lowest BCUT2D eigenvalue weighted by Gasteiger charge is -2.13. The molecule has 0 spiro atoms. The van der Waals surface area contributed by atoms with Gasteiger partial charge in [-0.2, -0.15) is 13.2 Å². The molecular formula is C28H20F3N3O3S. The summed E-state index contributed by atoms with van der Waals surface area (Å²) in [6.45, 7) is 0.000398. The molecule has 0 unspecified atom stereocenters. The molecule has 3 amide bonds. The second-order valence-electron chi connectivity index (χ2n) is 8.61. The van der Waals surface area contributed by atoms with Crippen molar-refractivity contribution in [2.24, 2.45) is 0 Å². The van der Waals surface area contributed by atoms with Crippen molar-refractivity contribution in [3.63, 3.8) is 0 Å². The zero-order chi connectivity index (χ0) is 26.9. The molecule has 0 atom stereocenters. The molecule has 4 aromatic rings. The number of aromatic nitrogens is 1.